The molecule has 4 rings (SSSR count). The molecule has 0 bridgehead atoms. The molecule has 7 nitrogen and oxygen atoms in total. The second-order valence-corrected chi connectivity index (χ2v) is 13.9. The fourth-order valence-electron chi connectivity index (χ4n) is 8.67. The zero-order chi connectivity index (χ0) is 27.3. The van der Waals surface area contributed by atoms with Crippen molar-refractivity contribution in [2.75, 3.05) is 0 Å². The van der Waals surface area contributed by atoms with E-state index >= 15 is 0 Å². The summed E-state index contributed by atoms with van der Waals surface area (Å²) in [7, 11) is -6.26. The van der Waals surface area contributed by atoms with Crippen LogP contribution in [0.25, 0.3) is 0 Å². The lowest BCUT2D eigenvalue weighted by molar-refractivity contribution is -0.0573. The Labute approximate surface area is 219 Å². The first-order chi connectivity index (χ1) is 16.7. The molecule has 8 atom stereocenters. The third-order valence-electron chi connectivity index (χ3n) is 10.3. The van der Waals surface area contributed by atoms with E-state index in [1.807, 2.05) is 0 Å². The molecule has 4 aliphatic carbocycles. The van der Waals surface area contributed by atoms with Gasteiger partial charge in [0.05, 0.1) is 6.10 Å². The minimum atomic E-state index is -3.13. The van der Waals surface area contributed by atoms with Gasteiger partial charge in [-0.25, -0.2) is 0 Å². The minimum Gasteiger partial charge on any atom is -0.393 e. The summed E-state index contributed by atoms with van der Waals surface area (Å²) < 4.78 is 17.5. The predicted octanol–water partition coefficient (Wildman–Crippen LogP) is 6.11. The highest BCUT2D eigenvalue weighted by Gasteiger charge is 2.59. The molecular weight excluding hydrogens is 498 g/mol. The summed E-state index contributed by atoms with van der Waals surface area (Å²) in [5, 5.41) is 10.2. The second-order valence-electron chi connectivity index (χ2n) is 12.8. The van der Waals surface area contributed by atoms with Gasteiger partial charge in [-0.05, 0) is 97.7 Å². The normalized spacial score (nSPS) is 38.1. The summed E-state index contributed by atoms with van der Waals surface area (Å²) >= 11 is 0. The van der Waals surface area contributed by atoms with Crippen molar-refractivity contribution < 1.29 is 33.8 Å². The molecule has 0 spiro atoms. The van der Waals surface area contributed by atoms with Gasteiger partial charge in [0.25, 0.3) is 0 Å². The molecular formula is C27H52O7P2. The molecule has 0 aliphatic heterocycles. The molecule has 36 heavy (non-hydrogen) atoms. The Kier molecular flexibility index (Phi) is 12.4. The van der Waals surface area contributed by atoms with Gasteiger partial charge in [0.2, 0.25) is 0 Å². The number of fused-ring (bicyclic) bond motifs is 5. The van der Waals surface area contributed by atoms with Gasteiger partial charge in [-0.3, -0.25) is 9.13 Å². The maximum Gasteiger partial charge on any atom is 0.314 e. The summed E-state index contributed by atoms with van der Waals surface area (Å²) in [6, 6.07) is 0. The SMILES string of the molecule is CC(C)CCC[C@@H](C)[C@H]1CC[C@H]2[C@@H]3CC=C4C[C@@H](O)CC[C@]4(C)[C@H]3CC[C@]12C.O=[PH](O)O.O=[PH](O)O. The molecule has 4 aliphatic rings. The predicted molar refractivity (Wildman–Crippen MR) is 146 cm³/mol. The first-order valence-corrected chi connectivity index (χ1v) is 16.5. The molecule has 0 amide bonds. The molecule has 0 heterocycles. The Morgan fingerprint density at radius 1 is 0.917 bits per heavy atom. The van der Waals surface area contributed by atoms with Crippen LogP contribution in [-0.2, 0) is 9.13 Å². The van der Waals surface area contributed by atoms with Gasteiger partial charge in [-0.15, -0.1) is 0 Å². The maximum atomic E-state index is 10.2. The van der Waals surface area contributed by atoms with Crippen LogP contribution in [0.3, 0.4) is 0 Å². The highest BCUT2D eigenvalue weighted by Crippen LogP contribution is 2.67. The molecule has 3 saturated carbocycles. The molecule has 5 N–H and O–H groups in total. The standard InChI is InChI=1S/C27H46O.2H3O3P/c1-18(2)7-6-8-19(3)23-11-12-24-22-10-9-20-17-21(28)13-15-26(20,4)25(22)14-16-27(23,24)5;2*1-4(2)3/h9,18-19,21-25,28H,6-8,10-17H2,1-5H3;2*4H,(H2,1,2,3)/t19-,21+,22+,23-,24+,25+,26+,27-;;/m1../s1. The van der Waals surface area contributed by atoms with Crippen molar-refractivity contribution in [3.8, 4) is 0 Å². The van der Waals surface area contributed by atoms with Crippen LogP contribution in [0.4, 0.5) is 0 Å². The molecule has 9 heteroatoms. The average molecular weight is 551 g/mol. The fraction of sp³-hybridized carbons (Fsp3) is 0.926. The van der Waals surface area contributed by atoms with E-state index in [0.29, 0.717) is 10.8 Å². The first-order valence-electron chi connectivity index (χ1n) is 13.9. The van der Waals surface area contributed by atoms with Crippen LogP contribution in [0.1, 0.15) is 105 Å². The van der Waals surface area contributed by atoms with Crippen LogP contribution in [0.15, 0.2) is 11.6 Å². The summed E-state index contributed by atoms with van der Waals surface area (Å²) in [5.74, 6) is 5.46. The Hall–Kier alpha value is -0.0000000000000000416. The van der Waals surface area contributed by atoms with Crippen molar-refractivity contribution in [3.05, 3.63) is 11.6 Å². The molecule has 0 radical (unpaired) electrons. The number of aliphatic hydroxyl groups excluding tert-OH is 1. The lowest BCUT2D eigenvalue weighted by Gasteiger charge is -2.58. The van der Waals surface area contributed by atoms with Crippen molar-refractivity contribution in [2.45, 2.75) is 111 Å². The minimum absolute atomic E-state index is 0.0766. The van der Waals surface area contributed by atoms with Crippen molar-refractivity contribution >= 4 is 16.5 Å². The fourth-order valence-corrected chi connectivity index (χ4v) is 8.67. The van der Waals surface area contributed by atoms with Crippen molar-refractivity contribution in [2.24, 2.45) is 46.3 Å². The first kappa shape index (κ1) is 32.2. The third kappa shape index (κ3) is 8.01. The maximum absolute atomic E-state index is 10.2. The summed E-state index contributed by atoms with van der Waals surface area (Å²) in [6.07, 6.45) is 17.2. The van der Waals surface area contributed by atoms with E-state index in [0.717, 1.165) is 48.3 Å². The van der Waals surface area contributed by atoms with E-state index < -0.39 is 16.5 Å². The molecule has 212 valence electrons. The van der Waals surface area contributed by atoms with E-state index in [4.69, 9.17) is 28.7 Å². The molecule has 3 fully saturated rings. The van der Waals surface area contributed by atoms with Crippen molar-refractivity contribution in [1.29, 1.82) is 0 Å². The molecule has 0 unspecified atom stereocenters. The quantitative estimate of drug-likeness (QED) is 0.206. The molecule has 0 saturated heterocycles. The highest BCUT2D eigenvalue weighted by atomic mass is 31.1. The highest BCUT2D eigenvalue weighted by molar-refractivity contribution is 7.31. The summed E-state index contributed by atoms with van der Waals surface area (Å²) in [5.41, 5.74) is 2.60. The van der Waals surface area contributed by atoms with Crippen molar-refractivity contribution in [3.63, 3.8) is 0 Å². The van der Waals surface area contributed by atoms with Crippen LogP contribution in [0.2, 0.25) is 0 Å². The van der Waals surface area contributed by atoms with Gasteiger partial charge < -0.3 is 24.7 Å². The second kappa shape index (κ2) is 13.9. The average Bonchev–Trinajstić information content (AvgIpc) is 3.10. The number of rotatable bonds is 5. The lowest BCUT2D eigenvalue weighted by atomic mass is 9.47. The Morgan fingerprint density at radius 2 is 1.53 bits per heavy atom. The van der Waals surface area contributed by atoms with Crippen LogP contribution in [0, 0.1) is 46.3 Å². The zero-order valence-corrected chi connectivity index (χ0v) is 24.9. The number of aliphatic hydroxyl groups is 1. The Bertz CT molecular complexity index is 768. The zero-order valence-electron chi connectivity index (χ0n) is 22.9. The topological polar surface area (TPSA) is 135 Å². The molecule has 0 aromatic rings. The van der Waals surface area contributed by atoms with E-state index in [2.05, 4.69) is 40.7 Å². The van der Waals surface area contributed by atoms with Crippen LogP contribution < -0.4 is 0 Å². The molecule has 0 aromatic heterocycles. The molecule has 0 aromatic carbocycles. The van der Waals surface area contributed by atoms with Gasteiger partial charge in [0.15, 0.2) is 0 Å². The van der Waals surface area contributed by atoms with E-state index in [-0.39, 0.29) is 6.10 Å². The van der Waals surface area contributed by atoms with Crippen LogP contribution in [0.5, 0.6) is 0 Å². The van der Waals surface area contributed by atoms with Crippen molar-refractivity contribution in [1.82, 2.24) is 0 Å². The van der Waals surface area contributed by atoms with E-state index in [9.17, 15) is 5.11 Å². The Balaban J connectivity index is 0.000000501. The van der Waals surface area contributed by atoms with Gasteiger partial charge in [0.1, 0.15) is 0 Å². The van der Waals surface area contributed by atoms with Gasteiger partial charge in [0, 0.05) is 0 Å². The summed E-state index contributed by atoms with van der Waals surface area (Å²) in [4.78, 5) is 28.6. The lowest BCUT2D eigenvalue weighted by Crippen LogP contribution is -2.50. The van der Waals surface area contributed by atoms with Gasteiger partial charge >= 0.3 is 16.5 Å². The van der Waals surface area contributed by atoms with E-state index in [1.165, 1.54) is 57.8 Å². The summed E-state index contributed by atoms with van der Waals surface area (Å²) in [6.45, 7) is 12.6. The largest absolute Gasteiger partial charge is 0.393 e. The number of hydrogen-bond donors (Lipinski definition) is 5. The third-order valence-corrected chi connectivity index (χ3v) is 10.3. The monoisotopic (exact) mass is 550 g/mol. The van der Waals surface area contributed by atoms with Crippen LogP contribution >= 0.6 is 16.5 Å². The number of hydrogen-bond acceptors (Lipinski definition) is 3. The number of allylic oxidation sites excluding steroid dienone is 1. The van der Waals surface area contributed by atoms with Crippen LogP contribution in [-0.4, -0.2) is 30.8 Å². The van der Waals surface area contributed by atoms with Gasteiger partial charge in [-0.1, -0.05) is 65.5 Å². The van der Waals surface area contributed by atoms with Gasteiger partial charge in [-0.2, -0.15) is 0 Å². The van der Waals surface area contributed by atoms with E-state index in [1.54, 1.807) is 5.57 Å². The smallest absolute Gasteiger partial charge is 0.314 e. The Morgan fingerprint density at radius 3 is 2.11 bits per heavy atom.